The van der Waals surface area contributed by atoms with Crippen LogP contribution in [0.4, 0.5) is 18.9 Å². The van der Waals surface area contributed by atoms with E-state index in [1.54, 1.807) is 18.2 Å². The molecule has 0 aliphatic heterocycles. The zero-order valence-corrected chi connectivity index (χ0v) is 11.7. The lowest BCUT2D eigenvalue weighted by atomic mass is 10.1. The molecule has 0 fully saturated rings. The van der Waals surface area contributed by atoms with E-state index in [4.69, 9.17) is 0 Å². The summed E-state index contributed by atoms with van der Waals surface area (Å²) in [5.41, 5.74) is 0.559. The van der Waals surface area contributed by atoms with E-state index in [9.17, 15) is 22.8 Å². The van der Waals surface area contributed by atoms with Gasteiger partial charge in [-0.15, -0.1) is 0 Å². The molecule has 22 heavy (non-hydrogen) atoms. The second-order valence-electron chi connectivity index (χ2n) is 4.75. The number of halogens is 3. The van der Waals surface area contributed by atoms with Crippen molar-refractivity contribution in [2.45, 2.75) is 20.0 Å². The van der Waals surface area contributed by atoms with Gasteiger partial charge in [-0.05, 0) is 49.2 Å². The number of aryl methyl sites for hydroxylation is 2. The predicted octanol–water partition coefficient (Wildman–Crippen LogP) is 3.53. The van der Waals surface area contributed by atoms with Gasteiger partial charge in [0.2, 0.25) is 5.76 Å². The van der Waals surface area contributed by atoms with Crippen molar-refractivity contribution in [2.75, 3.05) is 5.32 Å². The summed E-state index contributed by atoms with van der Waals surface area (Å²) in [6.45, 7) is 3.69. The summed E-state index contributed by atoms with van der Waals surface area (Å²) in [4.78, 5) is 23.5. The summed E-state index contributed by atoms with van der Waals surface area (Å²) in [5.74, 6) is -2.02. The van der Waals surface area contributed by atoms with Gasteiger partial charge in [0.1, 0.15) is 5.69 Å². The summed E-state index contributed by atoms with van der Waals surface area (Å²) in [6, 6.07) is 6.38. The summed E-state index contributed by atoms with van der Waals surface area (Å²) < 4.78 is 41.3. The molecular formula is C15H12F3NO3. The fraction of sp³-hybridized carbons (Fsp3) is 0.200. The lowest BCUT2D eigenvalue weighted by Gasteiger charge is -2.08. The normalized spacial score (nSPS) is 11.3. The largest absolute Gasteiger partial charge is 0.449 e. The van der Waals surface area contributed by atoms with Crippen LogP contribution in [-0.2, 0) is 6.18 Å². The van der Waals surface area contributed by atoms with Crippen molar-refractivity contribution >= 4 is 11.6 Å². The number of anilines is 1. The van der Waals surface area contributed by atoms with E-state index in [0.717, 1.165) is 17.2 Å². The molecule has 0 spiro atoms. The molecule has 0 saturated carbocycles. The van der Waals surface area contributed by atoms with Gasteiger partial charge in [0.05, 0.1) is 0 Å². The van der Waals surface area contributed by atoms with Gasteiger partial charge in [-0.2, -0.15) is 13.2 Å². The molecular weight excluding hydrogens is 299 g/mol. The summed E-state index contributed by atoms with van der Waals surface area (Å²) in [6.07, 6.45) is -4.75. The molecule has 0 saturated heterocycles. The van der Waals surface area contributed by atoms with Crippen LogP contribution in [0.15, 0.2) is 39.5 Å². The van der Waals surface area contributed by atoms with Gasteiger partial charge in [0.25, 0.3) is 5.91 Å². The molecule has 4 nitrogen and oxygen atoms in total. The quantitative estimate of drug-likeness (QED) is 0.923. The van der Waals surface area contributed by atoms with Crippen LogP contribution in [0.5, 0.6) is 0 Å². The Labute approximate surface area is 123 Å². The van der Waals surface area contributed by atoms with Crippen LogP contribution in [0.3, 0.4) is 0 Å². The third kappa shape index (κ3) is 3.36. The molecule has 0 aliphatic rings. The first kappa shape index (κ1) is 15.8. The van der Waals surface area contributed by atoms with E-state index < -0.39 is 23.5 Å². The SMILES string of the molecule is Cc1ccc(C(=O)Nc2ccc(C(F)(F)F)oc2=O)cc1C. The predicted molar refractivity (Wildman–Crippen MR) is 73.8 cm³/mol. The first-order valence-corrected chi connectivity index (χ1v) is 6.28. The number of nitrogens with one attached hydrogen (secondary N) is 1. The van der Waals surface area contributed by atoms with E-state index in [2.05, 4.69) is 9.73 Å². The summed E-state index contributed by atoms with van der Waals surface area (Å²) in [5, 5.41) is 2.24. The second kappa shape index (κ2) is 5.67. The number of amides is 1. The second-order valence-corrected chi connectivity index (χ2v) is 4.75. The van der Waals surface area contributed by atoms with E-state index in [0.29, 0.717) is 11.6 Å². The topological polar surface area (TPSA) is 59.3 Å². The van der Waals surface area contributed by atoms with Gasteiger partial charge in [-0.25, -0.2) is 4.79 Å². The van der Waals surface area contributed by atoms with E-state index >= 15 is 0 Å². The molecule has 2 rings (SSSR count). The molecule has 7 heteroatoms. The number of carbonyl (C=O) groups excluding carboxylic acids is 1. The van der Waals surface area contributed by atoms with Gasteiger partial charge in [-0.3, -0.25) is 4.79 Å². The van der Waals surface area contributed by atoms with E-state index in [1.807, 2.05) is 13.8 Å². The van der Waals surface area contributed by atoms with Crippen molar-refractivity contribution in [3.05, 3.63) is 63.2 Å². The van der Waals surface area contributed by atoms with Crippen molar-refractivity contribution in [2.24, 2.45) is 0 Å². The van der Waals surface area contributed by atoms with Crippen LogP contribution < -0.4 is 10.9 Å². The maximum Gasteiger partial charge on any atom is 0.449 e. The van der Waals surface area contributed by atoms with Gasteiger partial charge in [0, 0.05) is 5.56 Å². The van der Waals surface area contributed by atoms with Crippen molar-refractivity contribution in [1.82, 2.24) is 0 Å². The average Bonchev–Trinajstić information content (AvgIpc) is 2.42. The highest BCUT2D eigenvalue weighted by molar-refractivity contribution is 6.04. The highest BCUT2D eigenvalue weighted by Gasteiger charge is 2.34. The maximum absolute atomic E-state index is 12.4. The Bertz CT molecular complexity index is 778. The van der Waals surface area contributed by atoms with Crippen molar-refractivity contribution < 1.29 is 22.4 Å². The first-order chi connectivity index (χ1) is 10.2. The standard InChI is InChI=1S/C15H12F3NO3/c1-8-3-4-10(7-9(8)2)13(20)19-11-5-6-12(15(16,17)18)22-14(11)21/h3-7H,1-2H3,(H,19,20). The van der Waals surface area contributed by atoms with Crippen LogP contribution in [0.25, 0.3) is 0 Å². The minimum atomic E-state index is -4.75. The molecule has 0 bridgehead atoms. The smallest absolute Gasteiger partial charge is 0.417 e. The minimum absolute atomic E-state index is 0.294. The molecule has 1 amide bonds. The molecule has 1 heterocycles. The lowest BCUT2D eigenvalue weighted by Crippen LogP contribution is -2.19. The van der Waals surface area contributed by atoms with Crippen LogP contribution in [0.2, 0.25) is 0 Å². The third-order valence-electron chi connectivity index (χ3n) is 3.12. The molecule has 116 valence electrons. The van der Waals surface area contributed by atoms with Gasteiger partial charge in [0.15, 0.2) is 0 Å². The number of hydrogen-bond donors (Lipinski definition) is 1. The maximum atomic E-state index is 12.4. The molecule has 0 atom stereocenters. The van der Waals surface area contributed by atoms with Gasteiger partial charge in [-0.1, -0.05) is 6.07 Å². The van der Waals surface area contributed by atoms with Crippen LogP contribution in [0.1, 0.15) is 27.2 Å². The van der Waals surface area contributed by atoms with Crippen molar-refractivity contribution in [3.63, 3.8) is 0 Å². The Balaban J connectivity index is 2.25. The summed E-state index contributed by atoms with van der Waals surface area (Å²) in [7, 11) is 0. The molecule has 0 aliphatic carbocycles. The number of hydrogen-bond acceptors (Lipinski definition) is 3. The Morgan fingerprint density at radius 3 is 2.32 bits per heavy atom. The van der Waals surface area contributed by atoms with Crippen molar-refractivity contribution in [3.8, 4) is 0 Å². The molecule has 1 aromatic heterocycles. The number of benzene rings is 1. The zero-order valence-electron chi connectivity index (χ0n) is 11.7. The minimum Gasteiger partial charge on any atom is -0.417 e. The first-order valence-electron chi connectivity index (χ1n) is 6.28. The zero-order chi connectivity index (χ0) is 16.5. The fourth-order valence-electron chi connectivity index (χ4n) is 1.74. The average molecular weight is 311 g/mol. The van der Waals surface area contributed by atoms with E-state index in [-0.39, 0.29) is 5.69 Å². The van der Waals surface area contributed by atoms with Gasteiger partial charge >= 0.3 is 11.8 Å². The molecule has 0 unspecified atom stereocenters. The lowest BCUT2D eigenvalue weighted by molar-refractivity contribution is -0.154. The Hall–Kier alpha value is -2.57. The van der Waals surface area contributed by atoms with Crippen LogP contribution >= 0.6 is 0 Å². The molecule has 0 radical (unpaired) electrons. The fourth-order valence-corrected chi connectivity index (χ4v) is 1.74. The Morgan fingerprint density at radius 1 is 1.09 bits per heavy atom. The van der Waals surface area contributed by atoms with E-state index in [1.165, 1.54) is 0 Å². The van der Waals surface area contributed by atoms with Crippen LogP contribution in [-0.4, -0.2) is 5.91 Å². The highest BCUT2D eigenvalue weighted by atomic mass is 19.4. The Morgan fingerprint density at radius 2 is 1.77 bits per heavy atom. The van der Waals surface area contributed by atoms with Crippen LogP contribution in [0, 0.1) is 13.8 Å². The molecule has 2 aromatic rings. The highest BCUT2D eigenvalue weighted by Crippen LogP contribution is 2.28. The molecule has 1 N–H and O–H groups in total. The summed E-state index contributed by atoms with van der Waals surface area (Å²) >= 11 is 0. The number of alkyl halides is 3. The number of rotatable bonds is 2. The van der Waals surface area contributed by atoms with Gasteiger partial charge < -0.3 is 9.73 Å². The molecule has 1 aromatic carbocycles. The number of carbonyl (C=O) groups is 1. The third-order valence-corrected chi connectivity index (χ3v) is 3.12. The Kier molecular flexibility index (Phi) is 4.07. The monoisotopic (exact) mass is 311 g/mol. The van der Waals surface area contributed by atoms with Crippen molar-refractivity contribution in [1.29, 1.82) is 0 Å².